The van der Waals surface area contributed by atoms with Gasteiger partial charge in [-0.05, 0) is 44.3 Å². The van der Waals surface area contributed by atoms with Crippen LogP contribution < -0.4 is 10.6 Å². The fourth-order valence-corrected chi connectivity index (χ4v) is 3.80. The highest BCUT2D eigenvalue weighted by molar-refractivity contribution is 7.19. The van der Waals surface area contributed by atoms with Crippen molar-refractivity contribution in [3.63, 3.8) is 0 Å². The normalized spacial score (nSPS) is 17.0. The van der Waals surface area contributed by atoms with Crippen LogP contribution in [0.4, 0.5) is 4.79 Å². The molecule has 1 aromatic heterocycles. The second-order valence-electron chi connectivity index (χ2n) is 6.54. The number of carbonyl (C=O) groups is 1. The molecular weight excluding hydrogens is 322 g/mol. The number of urea groups is 1. The first-order valence-electron chi connectivity index (χ1n) is 8.45. The third-order valence-electron chi connectivity index (χ3n) is 4.61. The molecular formula is C18H25N3O2S. The van der Waals surface area contributed by atoms with Crippen LogP contribution in [0.5, 0.6) is 0 Å². The number of fused-ring (bicyclic) bond motifs is 1. The van der Waals surface area contributed by atoms with Crippen molar-refractivity contribution in [1.29, 1.82) is 0 Å². The van der Waals surface area contributed by atoms with Gasteiger partial charge in [-0.2, -0.15) is 0 Å². The number of aliphatic hydroxyl groups is 1. The predicted molar refractivity (Wildman–Crippen MR) is 98.4 cm³/mol. The van der Waals surface area contributed by atoms with Crippen LogP contribution in [0.15, 0.2) is 30.3 Å². The molecule has 1 aromatic carbocycles. The van der Waals surface area contributed by atoms with Gasteiger partial charge in [0.15, 0.2) is 0 Å². The average molecular weight is 347 g/mol. The van der Waals surface area contributed by atoms with E-state index in [0.29, 0.717) is 18.6 Å². The molecule has 1 heterocycles. The van der Waals surface area contributed by atoms with Crippen LogP contribution in [0.3, 0.4) is 0 Å². The summed E-state index contributed by atoms with van der Waals surface area (Å²) >= 11 is 1.56. The minimum atomic E-state index is -0.681. The number of nitrogens with zero attached hydrogens (tertiary/aromatic N) is 1. The van der Waals surface area contributed by atoms with E-state index in [0.717, 1.165) is 15.0 Å². The molecule has 1 aliphatic carbocycles. The van der Waals surface area contributed by atoms with E-state index >= 15 is 0 Å². The van der Waals surface area contributed by atoms with Crippen molar-refractivity contribution in [1.82, 2.24) is 15.5 Å². The number of thiophene rings is 1. The minimum Gasteiger partial charge on any atom is -0.386 e. The molecule has 0 radical (unpaired) electrons. The summed E-state index contributed by atoms with van der Waals surface area (Å²) < 4.78 is 1.15. The Bertz CT molecular complexity index is 665. The monoisotopic (exact) mass is 347 g/mol. The van der Waals surface area contributed by atoms with Crippen LogP contribution in [0.25, 0.3) is 10.1 Å². The van der Waals surface area contributed by atoms with Crippen LogP contribution in [0.1, 0.15) is 30.7 Å². The van der Waals surface area contributed by atoms with Crippen molar-refractivity contribution >= 4 is 27.5 Å². The molecule has 3 rings (SSSR count). The number of benzene rings is 1. The van der Waals surface area contributed by atoms with Gasteiger partial charge in [0.25, 0.3) is 0 Å². The predicted octanol–water partition coefficient (Wildman–Crippen LogP) is 2.72. The van der Waals surface area contributed by atoms with Crippen LogP contribution in [0.2, 0.25) is 0 Å². The van der Waals surface area contributed by atoms with Crippen molar-refractivity contribution in [3.05, 3.63) is 35.2 Å². The molecule has 1 fully saturated rings. The van der Waals surface area contributed by atoms with E-state index in [2.05, 4.69) is 29.5 Å². The van der Waals surface area contributed by atoms with Crippen LogP contribution >= 0.6 is 11.3 Å². The van der Waals surface area contributed by atoms with Crippen molar-refractivity contribution in [2.75, 3.05) is 20.1 Å². The molecule has 3 N–H and O–H groups in total. The largest absolute Gasteiger partial charge is 0.386 e. The molecule has 1 saturated carbocycles. The summed E-state index contributed by atoms with van der Waals surface area (Å²) in [5, 5.41) is 17.0. The number of hydrogen-bond acceptors (Lipinski definition) is 4. The van der Waals surface area contributed by atoms with E-state index in [4.69, 9.17) is 0 Å². The highest BCUT2D eigenvalue weighted by Crippen LogP contribution is 2.29. The van der Waals surface area contributed by atoms with E-state index in [1.165, 1.54) is 12.8 Å². The zero-order valence-corrected chi connectivity index (χ0v) is 15.0. The van der Waals surface area contributed by atoms with Gasteiger partial charge in [-0.15, -0.1) is 11.3 Å². The lowest BCUT2D eigenvalue weighted by Gasteiger charge is -2.24. The first kappa shape index (κ1) is 17.2. The number of nitrogens with one attached hydrogen (secondary N) is 2. The Balaban J connectivity index is 1.43. The molecule has 0 aliphatic heterocycles. The summed E-state index contributed by atoms with van der Waals surface area (Å²) in [6, 6.07) is 10.8. The van der Waals surface area contributed by atoms with Crippen LogP contribution in [0, 0.1) is 0 Å². The maximum atomic E-state index is 11.9. The fourth-order valence-electron chi connectivity index (χ4n) is 2.75. The van der Waals surface area contributed by atoms with Gasteiger partial charge >= 0.3 is 6.03 Å². The van der Waals surface area contributed by atoms with Gasteiger partial charge in [0.05, 0.1) is 6.54 Å². The zero-order valence-electron chi connectivity index (χ0n) is 14.2. The number of hydrogen-bond donors (Lipinski definition) is 3. The van der Waals surface area contributed by atoms with Gasteiger partial charge in [-0.3, -0.25) is 4.90 Å². The summed E-state index contributed by atoms with van der Waals surface area (Å²) in [6.45, 7) is 2.94. The second kappa shape index (κ2) is 7.51. The molecule has 2 atom stereocenters. The molecule has 2 unspecified atom stereocenters. The third-order valence-corrected chi connectivity index (χ3v) is 5.82. The Hall–Kier alpha value is -1.63. The zero-order chi connectivity index (χ0) is 17.1. The summed E-state index contributed by atoms with van der Waals surface area (Å²) in [5.41, 5.74) is 0. The van der Waals surface area contributed by atoms with Gasteiger partial charge in [-0.25, -0.2) is 4.79 Å². The third kappa shape index (κ3) is 4.26. The summed E-state index contributed by atoms with van der Waals surface area (Å²) in [5.74, 6) is 0. The average Bonchev–Trinajstić information content (AvgIpc) is 3.34. The maximum Gasteiger partial charge on any atom is 0.314 e. The SMILES string of the molecule is CC(CNC(=O)NCC(O)c1cc2ccccc2s1)N(C)C1CC1. The van der Waals surface area contributed by atoms with E-state index < -0.39 is 6.10 Å². The van der Waals surface area contributed by atoms with E-state index in [1.54, 1.807) is 11.3 Å². The molecule has 5 nitrogen and oxygen atoms in total. The first-order chi connectivity index (χ1) is 11.5. The summed E-state index contributed by atoms with van der Waals surface area (Å²) in [4.78, 5) is 15.1. The number of carbonyl (C=O) groups excluding carboxylic acids is 1. The molecule has 24 heavy (non-hydrogen) atoms. The number of likely N-dealkylation sites (N-methyl/N-ethyl adjacent to an activating group) is 1. The highest BCUT2D eigenvalue weighted by atomic mass is 32.1. The lowest BCUT2D eigenvalue weighted by atomic mass is 10.2. The lowest BCUT2D eigenvalue weighted by Crippen LogP contribution is -2.45. The molecule has 2 amide bonds. The molecule has 1 aliphatic rings. The topological polar surface area (TPSA) is 64.6 Å². The Morgan fingerprint density at radius 2 is 2.04 bits per heavy atom. The smallest absolute Gasteiger partial charge is 0.314 e. The van der Waals surface area contributed by atoms with Gasteiger partial charge < -0.3 is 15.7 Å². The lowest BCUT2D eigenvalue weighted by molar-refractivity contribution is 0.175. The minimum absolute atomic E-state index is 0.214. The highest BCUT2D eigenvalue weighted by Gasteiger charge is 2.29. The molecule has 2 aromatic rings. The van der Waals surface area contributed by atoms with Gasteiger partial charge in [0, 0.05) is 28.2 Å². The van der Waals surface area contributed by atoms with Gasteiger partial charge in [-0.1, -0.05) is 18.2 Å². The summed E-state index contributed by atoms with van der Waals surface area (Å²) in [6.07, 6.45) is 1.84. The Kier molecular flexibility index (Phi) is 5.38. The molecule has 6 heteroatoms. The Morgan fingerprint density at radius 1 is 1.33 bits per heavy atom. The van der Waals surface area contributed by atoms with E-state index in [1.807, 2.05) is 30.3 Å². The Morgan fingerprint density at radius 3 is 2.75 bits per heavy atom. The first-order valence-corrected chi connectivity index (χ1v) is 9.26. The molecule has 0 bridgehead atoms. The van der Waals surface area contributed by atoms with Gasteiger partial charge in [0.2, 0.25) is 0 Å². The second-order valence-corrected chi connectivity index (χ2v) is 7.65. The van der Waals surface area contributed by atoms with Gasteiger partial charge in [0.1, 0.15) is 6.10 Å². The van der Waals surface area contributed by atoms with Crippen molar-refractivity contribution in [2.45, 2.75) is 38.0 Å². The van der Waals surface area contributed by atoms with Crippen molar-refractivity contribution in [2.24, 2.45) is 0 Å². The number of rotatable bonds is 7. The molecule has 0 spiro atoms. The fraction of sp³-hybridized carbons (Fsp3) is 0.500. The molecule has 0 saturated heterocycles. The maximum absolute atomic E-state index is 11.9. The molecule has 130 valence electrons. The van der Waals surface area contributed by atoms with E-state index in [9.17, 15) is 9.90 Å². The van der Waals surface area contributed by atoms with E-state index in [-0.39, 0.29) is 12.6 Å². The quantitative estimate of drug-likeness (QED) is 0.721. The van der Waals surface area contributed by atoms with Crippen molar-refractivity contribution < 1.29 is 9.90 Å². The Labute approximate surface area is 146 Å². The van der Waals surface area contributed by atoms with Crippen LogP contribution in [-0.4, -0.2) is 48.3 Å². The van der Waals surface area contributed by atoms with Crippen molar-refractivity contribution in [3.8, 4) is 0 Å². The number of aliphatic hydroxyl groups excluding tert-OH is 1. The number of amides is 2. The standard InChI is InChI=1S/C18H25N3O2S/c1-12(21(2)14-7-8-14)10-19-18(23)20-11-15(22)17-9-13-5-3-4-6-16(13)24-17/h3-6,9,12,14-15,22H,7-8,10-11H2,1-2H3,(H2,19,20,23). The van der Waals surface area contributed by atoms with Crippen LogP contribution in [-0.2, 0) is 0 Å². The summed E-state index contributed by atoms with van der Waals surface area (Å²) in [7, 11) is 2.10.